The van der Waals surface area contributed by atoms with Crippen molar-refractivity contribution in [3.63, 3.8) is 0 Å². The summed E-state index contributed by atoms with van der Waals surface area (Å²) < 4.78 is 1.41. The molecule has 0 N–H and O–H groups in total. The Morgan fingerprint density at radius 3 is 2.40 bits per heavy atom. The summed E-state index contributed by atoms with van der Waals surface area (Å²) in [6, 6.07) is 0. The van der Waals surface area contributed by atoms with Gasteiger partial charge in [0, 0.05) is 0 Å². The van der Waals surface area contributed by atoms with Gasteiger partial charge in [-0.1, -0.05) is 0 Å². The minimum atomic E-state index is 0.926. The van der Waals surface area contributed by atoms with E-state index in [1.54, 1.807) is 0 Å². The van der Waals surface area contributed by atoms with Crippen LogP contribution in [0.2, 0.25) is 0 Å². The molecule has 1 aliphatic rings. The third-order valence-corrected chi connectivity index (χ3v) is 3.47. The fourth-order valence-electron chi connectivity index (χ4n) is 1.42. The van der Waals surface area contributed by atoms with E-state index in [-0.39, 0.29) is 0 Å². The standard InChI is InChI=1S/C8H14S.Cr/c1-2-9-8-6-4-3-5-7-8;/h8H,3-7H2,1H3;. The Balaban J connectivity index is 2.19. The Morgan fingerprint density at radius 1 is 1.30 bits per heavy atom. The maximum absolute atomic E-state index is 3.07. The average molecular weight is 194 g/mol. The maximum atomic E-state index is 3.07. The molecule has 1 fully saturated rings. The van der Waals surface area contributed by atoms with E-state index in [0.717, 1.165) is 5.25 Å². The first-order valence-corrected chi connectivity index (χ1v) is 5.48. The minimum absolute atomic E-state index is 0.926. The van der Waals surface area contributed by atoms with E-state index in [1.165, 1.54) is 35.8 Å². The van der Waals surface area contributed by atoms with Crippen LogP contribution in [0.4, 0.5) is 0 Å². The first-order valence-electron chi connectivity index (χ1n) is 3.96. The van der Waals surface area contributed by atoms with Crippen molar-refractivity contribution in [2.75, 3.05) is 0 Å². The van der Waals surface area contributed by atoms with Gasteiger partial charge in [-0.2, -0.15) is 0 Å². The Bertz CT molecular complexity index is 116. The second kappa shape index (κ2) is 4.59. The Morgan fingerprint density at radius 2 is 1.90 bits per heavy atom. The van der Waals surface area contributed by atoms with Crippen LogP contribution in [0, 0.1) is 0 Å². The third-order valence-electron chi connectivity index (χ3n) is 1.88. The quantitative estimate of drug-likeness (QED) is 0.651. The van der Waals surface area contributed by atoms with Gasteiger partial charge < -0.3 is 0 Å². The molecule has 0 bridgehead atoms. The van der Waals surface area contributed by atoms with Crippen molar-refractivity contribution in [1.29, 1.82) is 0 Å². The summed E-state index contributed by atoms with van der Waals surface area (Å²) >= 11 is 5.10. The van der Waals surface area contributed by atoms with E-state index in [2.05, 4.69) is 22.8 Å². The molecule has 0 aromatic rings. The molecule has 0 saturated heterocycles. The first kappa shape index (κ1) is 8.85. The zero-order valence-corrected chi connectivity index (χ0v) is 8.52. The van der Waals surface area contributed by atoms with Crippen LogP contribution in [-0.2, 0) is 15.9 Å². The van der Waals surface area contributed by atoms with Gasteiger partial charge in [-0.25, -0.2) is 0 Å². The van der Waals surface area contributed by atoms with Crippen LogP contribution >= 0.6 is 11.8 Å². The average Bonchev–Trinajstić information content (AvgIpc) is 1.88. The molecule has 0 atom stereocenters. The number of thioether (sulfide) groups is 1. The number of rotatable bonds is 2. The topological polar surface area (TPSA) is 0 Å². The van der Waals surface area contributed by atoms with Crippen molar-refractivity contribution in [3.8, 4) is 0 Å². The second-order valence-corrected chi connectivity index (χ2v) is 5.77. The predicted molar refractivity (Wildman–Crippen MR) is 45.1 cm³/mol. The summed E-state index contributed by atoms with van der Waals surface area (Å²) in [5.41, 5.74) is 0. The summed E-state index contributed by atoms with van der Waals surface area (Å²) in [5, 5.41) is 0.926. The summed E-state index contributed by atoms with van der Waals surface area (Å²) in [6.07, 6.45) is 7.23. The Labute approximate surface area is 75.7 Å². The molecule has 0 radical (unpaired) electrons. The van der Waals surface area contributed by atoms with Crippen molar-refractivity contribution in [1.82, 2.24) is 0 Å². The van der Waals surface area contributed by atoms with E-state index >= 15 is 0 Å². The van der Waals surface area contributed by atoms with Crippen molar-refractivity contribution < 1.29 is 15.9 Å². The van der Waals surface area contributed by atoms with Gasteiger partial charge in [-0.3, -0.25) is 0 Å². The Hall–Kier alpha value is 0.752. The van der Waals surface area contributed by atoms with Gasteiger partial charge >= 0.3 is 75.6 Å². The zero-order chi connectivity index (χ0) is 7.40. The number of hydrogen-bond donors (Lipinski definition) is 0. The van der Waals surface area contributed by atoms with Gasteiger partial charge in [0.25, 0.3) is 0 Å². The molecule has 0 nitrogen and oxygen atoms in total. The summed E-state index contributed by atoms with van der Waals surface area (Å²) in [6.45, 7) is 2.17. The van der Waals surface area contributed by atoms with Crippen molar-refractivity contribution >= 4 is 15.5 Å². The fourth-order valence-corrected chi connectivity index (χ4v) is 3.09. The van der Waals surface area contributed by atoms with Crippen molar-refractivity contribution in [2.24, 2.45) is 0 Å². The molecule has 0 unspecified atom stereocenters. The van der Waals surface area contributed by atoms with E-state index in [0.29, 0.717) is 0 Å². The van der Waals surface area contributed by atoms with E-state index < -0.39 is 0 Å². The van der Waals surface area contributed by atoms with Gasteiger partial charge in [-0.05, 0) is 0 Å². The molecule has 1 saturated carbocycles. The van der Waals surface area contributed by atoms with Gasteiger partial charge in [0.05, 0.1) is 0 Å². The van der Waals surface area contributed by atoms with Crippen LogP contribution in [0.15, 0.2) is 0 Å². The normalized spacial score (nSPS) is 20.9. The summed E-state index contributed by atoms with van der Waals surface area (Å²) in [7, 11) is 0. The van der Waals surface area contributed by atoms with E-state index in [9.17, 15) is 0 Å². The molecule has 0 amide bonds. The summed E-state index contributed by atoms with van der Waals surface area (Å²) in [4.78, 5) is 0. The SMILES string of the molecule is C[C](=[Cr])SC1CCCCC1. The molecule has 0 aromatic carbocycles. The molecular weight excluding hydrogens is 180 g/mol. The van der Waals surface area contributed by atoms with Crippen LogP contribution < -0.4 is 0 Å². The van der Waals surface area contributed by atoms with E-state index in [4.69, 9.17) is 0 Å². The monoisotopic (exact) mass is 194 g/mol. The zero-order valence-electron chi connectivity index (χ0n) is 6.43. The molecule has 1 aliphatic carbocycles. The van der Waals surface area contributed by atoms with Crippen LogP contribution in [0.1, 0.15) is 39.0 Å². The van der Waals surface area contributed by atoms with Gasteiger partial charge in [-0.15, -0.1) is 0 Å². The Kier molecular flexibility index (Phi) is 4.06. The molecule has 0 spiro atoms. The van der Waals surface area contributed by atoms with Crippen molar-refractivity contribution in [2.45, 2.75) is 44.3 Å². The van der Waals surface area contributed by atoms with Crippen LogP contribution in [0.5, 0.6) is 0 Å². The van der Waals surface area contributed by atoms with Crippen LogP contribution in [0.3, 0.4) is 0 Å². The molecule has 0 aromatic heterocycles. The molecule has 1 rings (SSSR count). The fraction of sp³-hybridized carbons (Fsp3) is 0.875. The van der Waals surface area contributed by atoms with Crippen LogP contribution in [0.25, 0.3) is 0 Å². The van der Waals surface area contributed by atoms with E-state index in [1.807, 2.05) is 11.8 Å². The molecular formula is C8H14CrS. The predicted octanol–water partition coefficient (Wildman–Crippen LogP) is 2.75. The molecule has 0 aliphatic heterocycles. The molecule has 2 heteroatoms. The first-order chi connectivity index (χ1) is 4.79. The third kappa shape index (κ3) is 3.23. The number of hydrogen-bond acceptors (Lipinski definition) is 1. The summed E-state index contributed by atoms with van der Waals surface area (Å²) in [5.74, 6) is 0. The molecule has 58 valence electrons. The van der Waals surface area contributed by atoms with Crippen LogP contribution in [-0.4, -0.2) is 8.96 Å². The second-order valence-electron chi connectivity index (χ2n) is 2.87. The molecule has 0 heterocycles. The van der Waals surface area contributed by atoms with Gasteiger partial charge in [0.2, 0.25) is 0 Å². The molecule has 10 heavy (non-hydrogen) atoms. The van der Waals surface area contributed by atoms with Gasteiger partial charge in [0.15, 0.2) is 0 Å². The van der Waals surface area contributed by atoms with Crippen molar-refractivity contribution in [3.05, 3.63) is 0 Å². The van der Waals surface area contributed by atoms with Gasteiger partial charge in [0.1, 0.15) is 0 Å².